The van der Waals surface area contributed by atoms with Gasteiger partial charge >= 0.3 is 0 Å². The van der Waals surface area contributed by atoms with E-state index < -0.39 is 0 Å². The first-order valence-corrected chi connectivity index (χ1v) is 8.54. The fraction of sp³-hybridized carbons (Fsp3) is 0.158. The molecule has 0 saturated carbocycles. The second-order valence-corrected chi connectivity index (χ2v) is 5.87. The quantitative estimate of drug-likeness (QED) is 0.318. The van der Waals surface area contributed by atoms with Crippen LogP contribution in [0.4, 0.5) is 5.69 Å². The van der Waals surface area contributed by atoms with E-state index in [1.165, 1.54) is 7.11 Å². The third kappa shape index (κ3) is 5.78. The Bertz CT molecular complexity index is 881. The highest BCUT2D eigenvalue weighted by molar-refractivity contribution is 7.80. The number of benzene rings is 2. The molecule has 2 aromatic carbocycles. The first kappa shape index (κ1) is 20.4. The van der Waals surface area contributed by atoms with Crippen LogP contribution in [0, 0.1) is 12.3 Å². The minimum absolute atomic E-state index is 0.0912. The van der Waals surface area contributed by atoms with Crippen molar-refractivity contribution in [2.45, 2.75) is 0 Å². The predicted molar refractivity (Wildman–Crippen MR) is 112 cm³/mol. The molecular weight excluding hydrogens is 386 g/mol. The van der Waals surface area contributed by atoms with Crippen LogP contribution in [0.3, 0.4) is 0 Å². The molecule has 2 N–H and O–H groups in total. The second-order valence-electron chi connectivity index (χ2n) is 5.05. The Kier molecular flexibility index (Phi) is 7.74. The molecule has 0 amide bonds. The largest absolute Gasteiger partial charge is 0.495 e. The van der Waals surface area contributed by atoms with E-state index in [4.69, 9.17) is 44.5 Å². The van der Waals surface area contributed by atoms with Gasteiger partial charge in [-0.15, -0.1) is 6.42 Å². The molecule has 0 fully saturated rings. The lowest BCUT2D eigenvalue weighted by molar-refractivity contribution is 0.331. The van der Waals surface area contributed by atoms with Crippen LogP contribution in [-0.2, 0) is 0 Å². The van der Waals surface area contributed by atoms with Crippen LogP contribution < -0.4 is 25.0 Å². The molecule has 0 unspecified atom stereocenters. The highest BCUT2D eigenvalue weighted by atomic mass is 35.5. The third-order valence-corrected chi connectivity index (χ3v) is 3.76. The number of halogens is 1. The zero-order valence-electron chi connectivity index (χ0n) is 14.8. The third-order valence-electron chi connectivity index (χ3n) is 3.29. The van der Waals surface area contributed by atoms with Crippen molar-refractivity contribution in [3.05, 3.63) is 47.0 Å². The predicted octanol–water partition coefficient (Wildman–Crippen LogP) is 3.69. The monoisotopic (exact) mass is 403 g/mol. The summed E-state index contributed by atoms with van der Waals surface area (Å²) in [7, 11) is 3.10. The molecule has 27 heavy (non-hydrogen) atoms. The van der Waals surface area contributed by atoms with E-state index in [1.807, 2.05) is 24.3 Å². The molecule has 0 aliphatic carbocycles. The van der Waals surface area contributed by atoms with Crippen molar-refractivity contribution in [1.29, 1.82) is 0 Å². The smallest absolute Gasteiger partial charge is 0.191 e. The summed E-state index contributed by atoms with van der Waals surface area (Å²) in [4.78, 5) is 0. The molecule has 6 nitrogen and oxygen atoms in total. The molecular formula is C19H18ClN3O3S. The first-order chi connectivity index (χ1) is 13.1. The average molecular weight is 404 g/mol. The summed E-state index contributed by atoms with van der Waals surface area (Å²) in [6, 6.07) is 10.8. The van der Waals surface area contributed by atoms with Gasteiger partial charge in [-0.05, 0) is 42.0 Å². The number of ether oxygens (including phenoxy) is 3. The molecule has 2 rings (SSSR count). The van der Waals surface area contributed by atoms with Crippen LogP contribution >= 0.6 is 23.8 Å². The normalized spacial score (nSPS) is 10.1. The van der Waals surface area contributed by atoms with Gasteiger partial charge in [-0.25, -0.2) is 0 Å². The molecule has 0 saturated heterocycles. The number of terminal acetylenes is 1. The summed E-state index contributed by atoms with van der Waals surface area (Å²) >= 11 is 11.4. The van der Waals surface area contributed by atoms with Crippen LogP contribution in [0.15, 0.2) is 41.5 Å². The molecule has 0 aromatic heterocycles. The van der Waals surface area contributed by atoms with E-state index in [-0.39, 0.29) is 6.61 Å². The maximum Gasteiger partial charge on any atom is 0.191 e. The number of methoxy groups -OCH3 is 2. The highest BCUT2D eigenvalue weighted by Gasteiger charge is 2.11. The topological polar surface area (TPSA) is 64.1 Å². The lowest BCUT2D eigenvalue weighted by Gasteiger charge is -2.12. The number of nitrogens with one attached hydrogen (secondary N) is 2. The Morgan fingerprint density at radius 3 is 2.70 bits per heavy atom. The average Bonchev–Trinajstić information content (AvgIpc) is 2.67. The van der Waals surface area contributed by atoms with Crippen molar-refractivity contribution in [3.8, 4) is 29.6 Å². The molecule has 0 bridgehead atoms. The molecule has 2 aromatic rings. The number of para-hydroxylation sites is 2. The number of hydrogen-bond acceptors (Lipinski definition) is 5. The second kappa shape index (κ2) is 10.3. The SMILES string of the molecule is C#CCOc1c(Cl)cc(/C=N\NC(=S)Nc2ccccc2OC)cc1OC. The van der Waals surface area contributed by atoms with Crippen molar-refractivity contribution in [2.24, 2.45) is 5.10 Å². The lowest BCUT2D eigenvalue weighted by Crippen LogP contribution is -2.24. The summed E-state index contributed by atoms with van der Waals surface area (Å²) in [6.07, 6.45) is 6.75. The molecule has 0 radical (unpaired) electrons. The van der Waals surface area contributed by atoms with Crippen LogP contribution in [0.1, 0.15) is 5.56 Å². The standard InChI is InChI=1S/C19H18ClN3O3S/c1-4-9-26-18-14(20)10-13(11-17(18)25-3)12-21-23-19(27)22-15-7-5-6-8-16(15)24-2/h1,5-8,10-12H,9H2,2-3H3,(H2,22,23,27)/b21-12-. The van der Waals surface area contributed by atoms with E-state index in [0.29, 0.717) is 32.9 Å². The van der Waals surface area contributed by atoms with Crippen molar-refractivity contribution in [1.82, 2.24) is 5.43 Å². The fourth-order valence-electron chi connectivity index (χ4n) is 2.13. The van der Waals surface area contributed by atoms with Gasteiger partial charge in [0.15, 0.2) is 16.6 Å². The number of anilines is 1. The minimum atomic E-state index is 0.0912. The minimum Gasteiger partial charge on any atom is -0.495 e. The lowest BCUT2D eigenvalue weighted by atomic mass is 10.2. The van der Waals surface area contributed by atoms with Crippen LogP contribution in [0.25, 0.3) is 0 Å². The van der Waals surface area contributed by atoms with E-state index >= 15 is 0 Å². The number of hydrazone groups is 1. The first-order valence-electron chi connectivity index (χ1n) is 7.76. The summed E-state index contributed by atoms with van der Waals surface area (Å²) in [6.45, 7) is 0.0912. The summed E-state index contributed by atoms with van der Waals surface area (Å²) in [5.74, 6) is 3.89. The van der Waals surface area contributed by atoms with E-state index in [1.54, 1.807) is 25.5 Å². The van der Waals surface area contributed by atoms with Gasteiger partial charge in [0.2, 0.25) is 0 Å². The van der Waals surface area contributed by atoms with Crippen LogP contribution in [0.2, 0.25) is 5.02 Å². The van der Waals surface area contributed by atoms with E-state index in [9.17, 15) is 0 Å². The van der Waals surface area contributed by atoms with Crippen molar-refractivity contribution in [3.63, 3.8) is 0 Å². The molecule has 0 spiro atoms. The number of thiocarbonyl (C=S) groups is 1. The van der Waals surface area contributed by atoms with Gasteiger partial charge in [0.05, 0.1) is 31.1 Å². The zero-order valence-corrected chi connectivity index (χ0v) is 16.4. The number of hydrogen-bond donors (Lipinski definition) is 2. The molecule has 0 heterocycles. The molecule has 0 aliphatic heterocycles. The van der Waals surface area contributed by atoms with Crippen molar-refractivity contribution >= 4 is 40.8 Å². The van der Waals surface area contributed by atoms with Gasteiger partial charge in [0, 0.05) is 0 Å². The molecule has 0 aliphatic rings. The molecule has 8 heteroatoms. The summed E-state index contributed by atoms with van der Waals surface area (Å²) in [5.41, 5.74) is 4.15. The number of rotatable bonds is 7. The summed E-state index contributed by atoms with van der Waals surface area (Å²) < 4.78 is 15.9. The maximum absolute atomic E-state index is 6.22. The van der Waals surface area contributed by atoms with Gasteiger partial charge in [0.1, 0.15) is 12.4 Å². The number of nitrogens with zero attached hydrogens (tertiary/aromatic N) is 1. The molecule has 140 valence electrons. The highest BCUT2D eigenvalue weighted by Crippen LogP contribution is 2.36. The Hall–Kier alpha value is -2.95. The van der Waals surface area contributed by atoms with E-state index in [0.717, 1.165) is 5.69 Å². The fourth-order valence-corrected chi connectivity index (χ4v) is 2.57. The van der Waals surface area contributed by atoms with Gasteiger partial charge in [-0.2, -0.15) is 5.10 Å². The summed E-state index contributed by atoms with van der Waals surface area (Å²) in [5, 5.41) is 7.77. The molecule has 0 atom stereocenters. The Morgan fingerprint density at radius 2 is 2.00 bits per heavy atom. The van der Waals surface area contributed by atoms with Crippen LogP contribution in [-0.4, -0.2) is 32.2 Å². The van der Waals surface area contributed by atoms with Gasteiger partial charge in [-0.3, -0.25) is 5.43 Å². The zero-order chi connectivity index (χ0) is 19.6. The van der Waals surface area contributed by atoms with E-state index in [2.05, 4.69) is 21.8 Å². The van der Waals surface area contributed by atoms with Gasteiger partial charge < -0.3 is 19.5 Å². The van der Waals surface area contributed by atoms with Crippen molar-refractivity contribution < 1.29 is 14.2 Å². The van der Waals surface area contributed by atoms with Gasteiger partial charge in [-0.1, -0.05) is 29.7 Å². The maximum atomic E-state index is 6.22. The Morgan fingerprint density at radius 1 is 1.26 bits per heavy atom. The Balaban J connectivity index is 2.04. The van der Waals surface area contributed by atoms with Gasteiger partial charge in [0.25, 0.3) is 0 Å². The Labute approximate surface area is 168 Å². The van der Waals surface area contributed by atoms with Crippen LogP contribution in [0.5, 0.6) is 17.2 Å². The van der Waals surface area contributed by atoms with Crippen molar-refractivity contribution in [2.75, 3.05) is 26.1 Å².